The maximum absolute atomic E-state index is 13.8. The van der Waals surface area contributed by atoms with Gasteiger partial charge in [0.25, 0.3) is 5.91 Å². The fourth-order valence-electron chi connectivity index (χ4n) is 3.23. The van der Waals surface area contributed by atoms with Gasteiger partial charge in [0.05, 0.1) is 6.54 Å². The molecule has 0 saturated carbocycles. The van der Waals surface area contributed by atoms with Crippen molar-refractivity contribution in [2.75, 3.05) is 0 Å². The predicted octanol–water partition coefficient (Wildman–Crippen LogP) is 3.11. The van der Waals surface area contributed by atoms with Crippen LogP contribution in [0.5, 0.6) is 0 Å². The number of hydrogen-bond acceptors (Lipinski definition) is 2. The molecule has 0 spiro atoms. The van der Waals surface area contributed by atoms with E-state index in [1.165, 1.54) is 12.1 Å². The number of nitrogens with one attached hydrogen (secondary N) is 2. The Hall–Kier alpha value is -3.22. The Morgan fingerprint density at radius 2 is 1.81 bits per heavy atom. The summed E-state index contributed by atoms with van der Waals surface area (Å²) >= 11 is 0. The Balaban J connectivity index is 1.54. The highest BCUT2D eigenvalue weighted by Gasteiger charge is 2.38. The molecule has 26 heavy (non-hydrogen) atoms. The smallest absolute Gasteiger partial charge is 0.325 e. The predicted molar refractivity (Wildman–Crippen MR) is 91.2 cm³/mol. The number of rotatable bonds is 4. The van der Waals surface area contributed by atoms with Crippen LogP contribution in [-0.2, 0) is 17.8 Å². The van der Waals surface area contributed by atoms with E-state index < -0.39 is 29.6 Å². The van der Waals surface area contributed by atoms with Gasteiger partial charge in [-0.15, -0.1) is 0 Å². The first-order valence-corrected chi connectivity index (χ1v) is 8.14. The van der Waals surface area contributed by atoms with Crippen molar-refractivity contribution in [2.24, 2.45) is 0 Å². The van der Waals surface area contributed by atoms with E-state index in [1.807, 2.05) is 24.3 Å². The van der Waals surface area contributed by atoms with Crippen molar-refractivity contribution in [1.82, 2.24) is 15.2 Å². The van der Waals surface area contributed by atoms with Crippen molar-refractivity contribution in [3.8, 4) is 0 Å². The topological polar surface area (TPSA) is 65.2 Å². The fraction of sp³-hybridized carbons (Fsp3) is 0.158. The van der Waals surface area contributed by atoms with Gasteiger partial charge in [-0.2, -0.15) is 0 Å². The lowest BCUT2D eigenvalue weighted by atomic mass is 10.0. The van der Waals surface area contributed by atoms with E-state index in [2.05, 4.69) is 10.3 Å². The van der Waals surface area contributed by atoms with Crippen LogP contribution >= 0.6 is 0 Å². The molecular formula is C19H15F2N3O2. The zero-order chi connectivity index (χ0) is 18.3. The molecule has 2 N–H and O–H groups in total. The van der Waals surface area contributed by atoms with E-state index in [-0.39, 0.29) is 12.1 Å². The summed E-state index contributed by atoms with van der Waals surface area (Å²) < 4.78 is 27.2. The largest absolute Gasteiger partial charge is 0.361 e. The molecule has 1 aliphatic rings. The van der Waals surface area contributed by atoms with Crippen molar-refractivity contribution in [1.29, 1.82) is 0 Å². The van der Waals surface area contributed by atoms with Crippen molar-refractivity contribution >= 4 is 22.8 Å². The van der Waals surface area contributed by atoms with Gasteiger partial charge in [0.15, 0.2) is 11.6 Å². The lowest BCUT2D eigenvalue weighted by molar-refractivity contribution is -0.127. The van der Waals surface area contributed by atoms with Crippen molar-refractivity contribution in [3.05, 3.63) is 71.4 Å². The molecule has 1 fully saturated rings. The summed E-state index contributed by atoms with van der Waals surface area (Å²) in [6, 6.07) is 10.00. The van der Waals surface area contributed by atoms with Gasteiger partial charge in [-0.1, -0.05) is 30.3 Å². The number of hydrogen-bond donors (Lipinski definition) is 2. The monoisotopic (exact) mass is 355 g/mol. The van der Waals surface area contributed by atoms with Crippen molar-refractivity contribution < 1.29 is 18.4 Å². The molecule has 0 unspecified atom stereocenters. The van der Waals surface area contributed by atoms with Crippen LogP contribution < -0.4 is 5.32 Å². The number of urea groups is 1. The first-order chi connectivity index (χ1) is 12.5. The number of carbonyl (C=O) groups excluding carboxylic acids is 2. The summed E-state index contributed by atoms with van der Waals surface area (Å²) in [6.45, 7) is -0.307. The molecule has 1 aliphatic heterocycles. The number of amides is 3. The lowest BCUT2D eigenvalue weighted by Gasteiger charge is -2.13. The average Bonchev–Trinajstić information content (AvgIpc) is 3.15. The number of carbonyl (C=O) groups is 2. The second-order valence-corrected chi connectivity index (χ2v) is 6.20. The third-order valence-electron chi connectivity index (χ3n) is 4.57. The number of imide groups is 1. The Bertz CT molecular complexity index is 1010. The summed E-state index contributed by atoms with van der Waals surface area (Å²) in [4.78, 5) is 28.8. The van der Waals surface area contributed by atoms with E-state index in [9.17, 15) is 18.4 Å². The number of halogens is 2. The Kier molecular flexibility index (Phi) is 3.91. The van der Waals surface area contributed by atoms with E-state index >= 15 is 0 Å². The van der Waals surface area contributed by atoms with Crippen LogP contribution in [0, 0.1) is 11.6 Å². The first kappa shape index (κ1) is 16.3. The minimum absolute atomic E-state index is 0.0405. The molecule has 0 bridgehead atoms. The summed E-state index contributed by atoms with van der Waals surface area (Å²) in [5.41, 5.74) is 1.80. The number of para-hydroxylation sites is 1. The van der Waals surface area contributed by atoms with Gasteiger partial charge < -0.3 is 10.3 Å². The third-order valence-corrected chi connectivity index (χ3v) is 4.57. The lowest BCUT2D eigenvalue weighted by Crippen LogP contribution is -2.32. The number of benzene rings is 2. The Morgan fingerprint density at radius 3 is 2.65 bits per heavy atom. The Labute approximate surface area is 147 Å². The molecule has 0 radical (unpaired) electrons. The van der Waals surface area contributed by atoms with E-state index in [0.717, 1.165) is 27.4 Å². The average molecular weight is 355 g/mol. The van der Waals surface area contributed by atoms with E-state index in [0.29, 0.717) is 6.42 Å². The maximum Gasteiger partial charge on any atom is 0.325 e. The molecule has 5 nitrogen and oxygen atoms in total. The highest BCUT2D eigenvalue weighted by molar-refractivity contribution is 6.04. The van der Waals surface area contributed by atoms with Crippen molar-refractivity contribution in [3.63, 3.8) is 0 Å². The van der Waals surface area contributed by atoms with Gasteiger partial charge in [0.2, 0.25) is 0 Å². The van der Waals surface area contributed by atoms with Gasteiger partial charge in [-0.3, -0.25) is 9.69 Å². The first-order valence-electron chi connectivity index (χ1n) is 8.14. The molecule has 1 atom stereocenters. The molecule has 7 heteroatoms. The fourth-order valence-corrected chi connectivity index (χ4v) is 3.23. The molecule has 2 heterocycles. The maximum atomic E-state index is 13.8. The normalized spacial score (nSPS) is 17.2. The van der Waals surface area contributed by atoms with Crippen LogP contribution in [0.1, 0.15) is 11.1 Å². The zero-order valence-corrected chi connectivity index (χ0v) is 13.6. The van der Waals surface area contributed by atoms with E-state index in [1.54, 1.807) is 6.20 Å². The second kappa shape index (κ2) is 6.25. The molecule has 1 aromatic heterocycles. The minimum atomic E-state index is -1.05. The molecule has 1 saturated heterocycles. The minimum Gasteiger partial charge on any atom is -0.361 e. The van der Waals surface area contributed by atoms with Crippen LogP contribution in [0.4, 0.5) is 13.6 Å². The number of H-pyrrole nitrogens is 1. The molecule has 4 rings (SSSR count). The van der Waals surface area contributed by atoms with Crippen molar-refractivity contribution in [2.45, 2.75) is 19.0 Å². The molecule has 132 valence electrons. The zero-order valence-electron chi connectivity index (χ0n) is 13.6. The Morgan fingerprint density at radius 1 is 1.00 bits per heavy atom. The van der Waals surface area contributed by atoms with Crippen LogP contribution in [-0.4, -0.2) is 27.9 Å². The molecule has 2 aromatic carbocycles. The number of nitrogens with zero attached hydrogens (tertiary/aromatic N) is 1. The molecule has 3 amide bonds. The van der Waals surface area contributed by atoms with Gasteiger partial charge in [0.1, 0.15) is 6.04 Å². The summed E-state index contributed by atoms with van der Waals surface area (Å²) in [7, 11) is 0. The third kappa shape index (κ3) is 2.71. The highest BCUT2D eigenvalue weighted by atomic mass is 19.2. The van der Waals surface area contributed by atoms with Gasteiger partial charge in [0, 0.05) is 29.1 Å². The number of fused-ring (bicyclic) bond motifs is 1. The second-order valence-electron chi connectivity index (χ2n) is 6.20. The van der Waals surface area contributed by atoms with Crippen LogP contribution in [0.3, 0.4) is 0 Å². The van der Waals surface area contributed by atoms with Crippen LogP contribution in [0.15, 0.2) is 48.7 Å². The molecule has 0 aliphatic carbocycles. The van der Waals surface area contributed by atoms with Gasteiger partial charge >= 0.3 is 6.03 Å². The number of aromatic nitrogens is 1. The van der Waals surface area contributed by atoms with Gasteiger partial charge in [-0.25, -0.2) is 13.6 Å². The molecular weight excluding hydrogens is 340 g/mol. The molecule has 3 aromatic rings. The summed E-state index contributed by atoms with van der Waals surface area (Å²) in [5.74, 6) is -2.51. The van der Waals surface area contributed by atoms with Crippen LogP contribution in [0.25, 0.3) is 10.9 Å². The number of aromatic amines is 1. The van der Waals surface area contributed by atoms with Crippen LogP contribution in [0.2, 0.25) is 0 Å². The standard InChI is InChI=1S/C19H15F2N3O2/c20-14-6-3-4-11(17(14)21)10-24-18(25)16(23-19(24)26)8-12-9-22-15-7-2-1-5-13(12)15/h1-7,9,16,22H,8,10H2,(H,23,26)/t16-/m1/s1. The summed E-state index contributed by atoms with van der Waals surface area (Å²) in [5, 5.41) is 3.59. The van der Waals surface area contributed by atoms with E-state index in [4.69, 9.17) is 0 Å². The quantitative estimate of drug-likeness (QED) is 0.707. The summed E-state index contributed by atoms with van der Waals surface area (Å²) in [6.07, 6.45) is 2.12. The SMILES string of the molecule is O=C1N[C@H](Cc2c[nH]c3ccccc23)C(=O)N1Cc1cccc(F)c1F. The highest BCUT2D eigenvalue weighted by Crippen LogP contribution is 2.22. The van der Waals surface area contributed by atoms with Gasteiger partial charge in [-0.05, 0) is 17.7 Å².